The smallest absolute Gasteiger partial charge is 0.0434 e. The number of aliphatic hydroxyl groups is 1. The van der Waals surface area contributed by atoms with Gasteiger partial charge in [0.1, 0.15) is 0 Å². The highest BCUT2D eigenvalue weighted by Crippen LogP contribution is 2.48. The number of hydrogen-bond donors (Lipinski definition) is 1. The molecule has 1 atom stereocenters. The van der Waals surface area contributed by atoms with Crippen LogP contribution in [0.3, 0.4) is 0 Å². The van der Waals surface area contributed by atoms with Gasteiger partial charge in [-0.3, -0.25) is 0 Å². The van der Waals surface area contributed by atoms with Crippen molar-refractivity contribution in [1.29, 1.82) is 0 Å². The van der Waals surface area contributed by atoms with Gasteiger partial charge >= 0.3 is 0 Å². The van der Waals surface area contributed by atoms with Crippen LogP contribution in [0.4, 0.5) is 0 Å². The van der Waals surface area contributed by atoms with Crippen molar-refractivity contribution in [3.8, 4) is 11.1 Å². The Kier molecular flexibility index (Phi) is 7.33. The van der Waals surface area contributed by atoms with E-state index in [2.05, 4.69) is 163 Å². The van der Waals surface area contributed by atoms with Gasteiger partial charge in [0.2, 0.25) is 0 Å². The molecule has 54 heavy (non-hydrogen) atoms. The van der Waals surface area contributed by atoms with Gasteiger partial charge in [-0.2, -0.15) is 0 Å². The minimum Gasteiger partial charge on any atom is -0.396 e. The molecule has 0 fully saturated rings. The van der Waals surface area contributed by atoms with Crippen LogP contribution in [0.1, 0.15) is 99.2 Å². The van der Waals surface area contributed by atoms with Crippen molar-refractivity contribution < 1.29 is 5.11 Å². The Morgan fingerprint density at radius 2 is 1.22 bits per heavy atom. The molecule has 1 unspecified atom stereocenters. The summed E-state index contributed by atoms with van der Waals surface area (Å²) in [5.74, 6) is 0.406. The van der Waals surface area contributed by atoms with Gasteiger partial charge in [-0.05, 0) is 152 Å². The van der Waals surface area contributed by atoms with Gasteiger partial charge in [0.05, 0.1) is 0 Å². The first-order valence-electron chi connectivity index (χ1n) is 19.9. The van der Waals surface area contributed by atoms with Crippen LogP contribution >= 0.6 is 0 Å². The Hall–Kier alpha value is -5.24. The van der Waals surface area contributed by atoms with Gasteiger partial charge < -0.3 is 5.11 Å². The molecule has 0 saturated heterocycles. The van der Waals surface area contributed by atoms with Crippen molar-refractivity contribution in [3.63, 3.8) is 0 Å². The van der Waals surface area contributed by atoms with Crippen LogP contribution in [0.25, 0.3) is 76.6 Å². The van der Waals surface area contributed by atoms with Gasteiger partial charge in [-0.25, -0.2) is 0 Å². The summed E-state index contributed by atoms with van der Waals surface area (Å²) in [5.41, 5.74) is 13.6. The molecular weight excluding hydrogens is 653 g/mol. The molecule has 266 valence electrons. The third-order valence-electron chi connectivity index (χ3n) is 12.5. The number of benzene rings is 8. The SMILES string of the molecule is CC(C)(C)c1cc2c3c4c(ccc3c1)C(c1cc(CCCO)c3cc(-c5ccc6ccc7cc(C(C)(C)C)cc8ccc5c6c78)ccc3c1)=CCC4C=C2. The summed E-state index contributed by atoms with van der Waals surface area (Å²) in [6, 6.07) is 40.1. The standard InChI is InChI=1S/C53H48O/c1-52(2,3)41-26-36-13-9-31-15-19-43(45-21-17-38(28-41)48(36)50(31)45)35-12-11-34-25-40(24-33(8-7-23-54)47(34)30-35)44-20-16-32-10-14-37-27-42(53(4,5)6)29-39-18-22-46(44)51(32)49(37)39/h9-15,17-22,24-30,32,54H,7-8,16,23H2,1-6H3. The van der Waals surface area contributed by atoms with Crippen molar-refractivity contribution >= 4 is 65.5 Å². The average Bonchev–Trinajstić information content (AvgIpc) is 3.16. The first-order chi connectivity index (χ1) is 26.0. The predicted octanol–water partition coefficient (Wildman–Crippen LogP) is 14.0. The average molecular weight is 701 g/mol. The number of fused-ring (bicyclic) bond motifs is 1. The van der Waals surface area contributed by atoms with Crippen molar-refractivity contribution in [3.05, 3.63) is 154 Å². The minimum absolute atomic E-state index is 0.0908. The van der Waals surface area contributed by atoms with Crippen molar-refractivity contribution in [1.82, 2.24) is 0 Å². The maximum absolute atomic E-state index is 10.0. The molecule has 1 nitrogen and oxygen atoms in total. The highest BCUT2D eigenvalue weighted by atomic mass is 16.2. The Labute approximate surface area is 319 Å². The summed E-state index contributed by atoms with van der Waals surface area (Å²) in [7, 11) is 0. The topological polar surface area (TPSA) is 20.2 Å². The van der Waals surface area contributed by atoms with Crippen LogP contribution in [0.5, 0.6) is 0 Å². The normalized spacial score (nSPS) is 15.7. The van der Waals surface area contributed by atoms with Crippen LogP contribution in [0.2, 0.25) is 0 Å². The molecule has 1 N–H and O–H groups in total. The molecule has 0 radical (unpaired) electrons. The molecule has 0 saturated carbocycles. The van der Waals surface area contributed by atoms with Crippen LogP contribution < -0.4 is 0 Å². The van der Waals surface area contributed by atoms with E-state index in [-0.39, 0.29) is 17.4 Å². The molecule has 0 bridgehead atoms. The number of hydrogen-bond acceptors (Lipinski definition) is 1. The third-order valence-corrected chi connectivity index (χ3v) is 12.5. The van der Waals surface area contributed by atoms with E-state index < -0.39 is 0 Å². The Bertz CT molecular complexity index is 2880. The lowest BCUT2D eigenvalue weighted by Gasteiger charge is -2.30. The quantitative estimate of drug-likeness (QED) is 0.177. The molecule has 8 aromatic rings. The van der Waals surface area contributed by atoms with Gasteiger partial charge in [-0.1, -0.05) is 151 Å². The van der Waals surface area contributed by atoms with Crippen molar-refractivity contribution in [2.24, 2.45) is 0 Å². The van der Waals surface area contributed by atoms with E-state index in [1.165, 1.54) is 110 Å². The van der Waals surface area contributed by atoms with Crippen LogP contribution in [0, 0.1) is 0 Å². The molecule has 1 heteroatoms. The molecule has 8 aromatic carbocycles. The highest BCUT2D eigenvalue weighted by molar-refractivity contribution is 6.25. The van der Waals surface area contributed by atoms with E-state index in [0.29, 0.717) is 5.92 Å². The maximum Gasteiger partial charge on any atom is 0.0434 e. The first-order valence-corrected chi connectivity index (χ1v) is 19.9. The fourth-order valence-corrected chi connectivity index (χ4v) is 9.59. The van der Waals surface area contributed by atoms with E-state index in [0.717, 1.165) is 19.3 Å². The zero-order valence-corrected chi connectivity index (χ0v) is 32.4. The monoisotopic (exact) mass is 700 g/mol. The van der Waals surface area contributed by atoms with Gasteiger partial charge in [0, 0.05) is 12.5 Å². The molecule has 2 aliphatic rings. The fourth-order valence-electron chi connectivity index (χ4n) is 9.59. The fraction of sp³-hybridized carbons (Fsp3) is 0.245. The van der Waals surface area contributed by atoms with E-state index in [1.807, 2.05) is 0 Å². The molecule has 10 rings (SSSR count). The highest BCUT2D eigenvalue weighted by Gasteiger charge is 2.28. The van der Waals surface area contributed by atoms with Crippen molar-refractivity contribution in [2.75, 3.05) is 6.61 Å². The van der Waals surface area contributed by atoms with Gasteiger partial charge in [-0.15, -0.1) is 0 Å². The summed E-state index contributed by atoms with van der Waals surface area (Å²) in [5, 5.41) is 23.3. The summed E-state index contributed by atoms with van der Waals surface area (Å²) >= 11 is 0. The lowest BCUT2D eigenvalue weighted by Crippen LogP contribution is -2.14. The predicted molar refractivity (Wildman–Crippen MR) is 233 cm³/mol. The lowest BCUT2D eigenvalue weighted by atomic mass is 9.73. The first kappa shape index (κ1) is 33.3. The summed E-state index contributed by atoms with van der Waals surface area (Å²) < 4.78 is 0. The second-order valence-corrected chi connectivity index (χ2v) is 18.1. The Morgan fingerprint density at radius 1 is 0.574 bits per heavy atom. The second-order valence-electron chi connectivity index (χ2n) is 18.1. The maximum atomic E-state index is 10.0. The van der Waals surface area contributed by atoms with Crippen LogP contribution in [-0.4, -0.2) is 11.7 Å². The van der Waals surface area contributed by atoms with Crippen molar-refractivity contribution in [2.45, 2.75) is 77.6 Å². The van der Waals surface area contributed by atoms with E-state index >= 15 is 0 Å². The van der Waals surface area contributed by atoms with E-state index in [4.69, 9.17) is 0 Å². The second kappa shape index (κ2) is 11.9. The Balaban J connectivity index is 1.11. The number of aliphatic hydroxyl groups excluding tert-OH is 1. The number of allylic oxidation sites excluding steroid dienone is 2. The van der Waals surface area contributed by atoms with E-state index in [9.17, 15) is 5.11 Å². The molecule has 0 heterocycles. The Morgan fingerprint density at radius 3 is 1.98 bits per heavy atom. The van der Waals surface area contributed by atoms with Crippen LogP contribution in [-0.2, 0) is 17.3 Å². The summed E-state index contributed by atoms with van der Waals surface area (Å²) in [4.78, 5) is 0. The molecule has 0 spiro atoms. The summed E-state index contributed by atoms with van der Waals surface area (Å²) in [6.07, 6.45) is 9.84. The molecule has 0 amide bonds. The summed E-state index contributed by atoms with van der Waals surface area (Å²) in [6.45, 7) is 14.0. The van der Waals surface area contributed by atoms with Crippen LogP contribution in [0.15, 0.2) is 115 Å². The van der Waals surface area contributed by atoms with E-state index in [1.54, 1.807) is 0 Å². The molecule has 0 aromatic heterocycles. The third kappa shape index (κ3) is 5.16. The zero-order valence-electron chi connectivity index (χ0n) is 32.4. The lowest BCUT2D eigenvalue weighted by molar-refractivity contribution is 0.289. The number of rotatable bonds is 5. The number of aryl methyl sites for hydroxylation is 1. The largest absolute Gasteiger partial charge is 0.396 e. The molecular formula is C53H48O. The zero-order chi connectivity index (χ0) is 37.1. The van der Waals surface area contributed by atoms with Gasteiger partial charge in [0.15, 0.2) is 0 Å². The molecule has 2 aliphatic carbocycles. The minimum atomic E-state index is 0.0908. The molecule has 0 aliphatic heterocycles. The van der Waals surface area contributed by atoms with Gasteiger partial charge in [0.25, 0.3) is 0 Å².